The van der Waals surface area contributed by atoms with Crippen LogP contribution in [-0.2, 0) is 4.79 Å². The van der Waals surface area contributed by atoms with Gasteiger partial charge in [0.1, 0.15) is 0 Å². The number of hydrogen-bond donors (Lipinski definition) is 2. The van der Waals surface area contributed by atoms with E-state index in [9.17, 15) is 4.79 Å². The maximum atomic E-state index is 11.2. The van der Waals surface area contributed by atoms with E-state index in [2.05, 4.69) is 17.1 Å². The third-order valence-corrected chi connectivity index (χ3v) is 4.20. The number of nitrogens with two attached hydrogens (primary N) is 1. The van der Waals surface area contributed by atoms with Crippen LogP contribution in [0.25, 0.3) is 0 Å². The monoisotopic (exact) mass is 239 g/mol. The zero-order valence-electron chi connectivity index (χ0n) is 10.8. The van der Waals surface area contributed by atoms with E-state index in [1.165, 1.54) is 12.8 Å². The van der Waals surface area contributed by atoms with E-state index in [1.54, 1.807) is 0 Å². The lowest BCUT2D eigenvalue weighted by molar-refractivity contribution is -0.119. The molecule has 1 atom stereocenters. The van der Waals surface area contributed by atoms with E-state index in [4.69, 9.17) is 5.73 Å². The highest BCUT2D eigenvalue weighted by Crippen LogP contribution is 2.23. The van der Waals surface area contributed by atoms with Crippen molar-refractivity contribution in [2.24, 2.45) is 5.73 Å². The fraction of sp³-hybridized carbons (Fsp3) is 0.923. The summed E-state index contributed by atoms with van der Waals surface area (Å²) < 4.78 is 0. The molecule has 1 aliphatic carbocycles. The Hall–Kier alpha value is -0.610. The van der Waals surface area contributed by atoms with Gasteiger partial charge in [-0.2, -0.15) is 0 Å². The molecular formula is C13H25N3O. The highest BCUT2D eigenvalue weighted by molar-refractivity contribution is 5.78. The van der Waals surface area contributed by atoms with Crippen LogP contribution in [0.4, 0.5) is 0 Å². The van der Waals surface area contributed by atoms with Crippen LogP contribution in [0.2, 0.25) is 0 Å². The van der Waals surface area contributed by atoms with E-state index in [-0.39, 0.29) is 5.91 Å². The van der Waals surface area contributed by atoms with Crippen molar-refractivity contribution in [3.05, 3.63) is 0 Å². The van der Waals surface area contributed by atoms with Crippen LogP contribution in [0, 0.1) is 0 Å². The Kier molecular flexibility index (Phi) is 4.40. The van der Waals surface area contributed by atoms with Crippen molar-refractivity contribution >= 4 is 5.91 Å². The first kappa shape index (κ1) is 12.8. The number of carbonyl (C=O) groups is 1. The number of likely N-dealkylation sites (N-methyl/N-ethyl adjacent to an activating group) is 1. The second-order valence-electron chi connectivity index (χ2n) is 5.46. The first-order valence-electron chi connectivity index (χ1n) is 6.98. The Labute approximate surface area is 104 Å². The van der Waals surface area contributed by atoms with Gasteiger partial charge in [-0.15, -0.1) is 0 Å². The second kappa shape index (κ2) is 5.83. The van der Waals surface area contributed by atoms with Gasteiger partial charge in [-0.05, 0) is 38.6 Å². The minimum atomic E-state index is 0.219. The van der Waals surface area contributed by atoms with Gasteiger partial charge in [0.2, 0.25) is 5.91 Å². The quantitative estimate of drug-likeness (QED) is 0.765. The summed E-state index contributed by atoms with van der Waals surface area (Å²) in [5.41, 5.74) is 5.94. The molecule has 4 heteroatoms. The third kappa shape index (κ3) is 3.42. The van der Waals surface area contributed by atoms with Gasteiger partial charge in [0, 0.05) is 31.1 Å². The van der Waals surface area contributed by atoms with Gasteiger partial charge in [-0.25, -0.2) is 0 Å². The van der Waals surface area contributed by atoms with E-state index >= 15 is 0 Å². The lowest BCUT2D eigenvalue weighted by atomic mass is 9.90. The van der Waals surface area contributed by atoms with Gasteiger partial charge in [0.15, 0.2) is 0 Å². The van der Waals surface area contributed by atoms with Crippen molar-refractivity contribution in [1.29, 1.82) is 0 Å². The molecular weight excluding hydrogens is 214 g/mol. The van der Waals surface area contributed by atoms with Gasteiger partial charge in [0.25, 0.3) is 0 Å². The molecule has 1 amide bonds. The van der Waals surface area contributed by atoms with Crippen LogP contribution in [0.3, 0.4) is 0 Å². The van der Waals surface area contributed by atoms with Crippen molar-refractivity contribution in [1.82, 2.24) is 10.2 Å². The summed E-state index contributed by atoms with van der Waals surface area (Å²) in [5, 5.41) is 3.06. The highest BCUT2D eigenvalue weighted by atomic mass is 16.1. The van der Waals surface area contributed by atoms with Crippen LogP contribution >= 0.6 is 0 Å². The zero-order chi connectivity index (χ0) is 12.3. The van der Waals surface area contributed by atoms with E-state index in [0.29, 0.717) is 24.5 Å². The summed E-state index contributed by atoms with van der Waals surface area (Å²) >= 11 is 0. The smallest absolute Gasteiger partial charge is 0.220 e. The molecule has 2 fully saturated rings. The fourth-order valence-corrected chi connectivity index (χ4v) is 3.10. The molecule has 17 heavy (non-hydrogen) atoms. The topological polar surface area (TPSA) is 58.4 Å². The molecule has 0 radical (unpaired) electrons. The maximum Gasteiger partial charge on any atom is 0.220 e. The minimum Gasteiger partial charge on any atom is -0.352 e. The number of carbonyl (C=O) groups excluding carboxylic acids is 1. The number of amides is 1. The Morgan fingerprint density at radius 2 is 2.00 bits per heavy atom. The standard InChI is InChI=1S/C13H25N3O/c1-2-16(9-11-5-8-13(17)15-11)12-6-3-10(14)4-7-12/h10-12H,2-9,14H2,1H3,(H,15,17). The Balaban J connectivity index is 1.81. The highest BCUT2D eigenvalue weighted by Gasteiger charge is 2.28. The average Bonchev–Trinajstić information content (AvgIpc) is 2.73. The van der Waals surface area contributed by atoms with Crippen molar-refractivity contribution < 1.29 is 4.79 Å². The molecule has 1 aliphatic heterocycles. The van der Waals surface area contributed by atoms with Crippen LogP contribution in [0.5, 0.6) is 0 Å². The summed E-state index contributed by atoms with van der Waals surface area (Å²) in [7, 11) is 0. The van der Waals surface area contributed by atoms with E-state index in [1.807, 2.05) is 0 Å². The Morgan fingerprint density at radius 1 is 1.29 bits per heavy atom. The van der Waals surface area contributed by atoms with Crippen molar-refractivity contribution in [3.63, 3.8) is 0 Å². The number of nitrogens with zero attached hydrogens (tertiary/aromatic N) is 1. The van der Waals surface area contributed by atoms with Gasteiger partial charge < -0.3 is 11.1 Å². The average molecular weight is 239 g/mol. The van der Waals surface area contributed by atoms with Crippen LogP contribution < -0.4 is 11.1 Å². The van der Waals surface area contributed by atoms with E-state index < -0.39 is 0 Å². The van der Waals surface area contributed by atoms with Gasteiger partial charge in [-0.3, -0.25) is 9.69 Å². The van der Waals surface area contributed by atoms with Gasteiger partial charge in [0.05, 0.1) is 0 Å². The predicted molar refractivity (Wildman–Crippen MR) is 68.6 cm³/mol. The number of rotatable bonds is 4. The first-order chi connectivity index (χ1) is 8.19. The largest absolute Gasteiger partial charge is 0.352 e. The molecule has 0 aromatic heterocycles. The maximum absolute atomic E-state index is 11.2. The van der Waals surface area contributed by atoms with Crippen molar-refractivity contribution in [2.45, 2.75) is 63.6 Å². The van der Waals surface area contributed by atoms with Crippen LogP contribution in [0.1, 0.15) is 45.4 Å². The predicted octanol–water partition coefficient (Wildman–Crippen LogP) is 0.857. The normalized spacial score (nSPS) is 34.1. The lowest BCUT2D eigenvalue weighted by Gasteiger charge is -2.36. The van der Waals surface area contributed by atoms with Crippen molar-refractivity contribution in [3.8, 4) is 0 Å². The molecule has 1 saturated carbocycles. The molecule has 2 aliphatic rings. The minimum absolute atomic E-state index is 0.219. The summed E-state index contributed by atoms with van der Waals surface area (Å²) in [4.78, 5) is 13.7. The number of hydrogen-bond acceptors (Lipinski definition) is 3. The molecule has 1 unspecified atom stereocenters. The first-order valence-corrected chi connectivity index (χ1v) is 6.98. The molecule has 4 nitrogen and oxygen atoms in total. The third-order valence-electron chi connectivity index (χ3n) is 4.20. The summed E-state index contributed by atoms with van der Waals surface area (Å²) in [5.74, 6) is 0.219. The summed E-state index contributed by atoms with van der Waals surface area (Å²) in [6, 6.07) is 1.46. The van der Waals surface area contributed by atoms with Crippen molar-refractivity contribution in [2.75, 3.05) is 13.1 Å². The van der Waals surface area contributed by atoms with Gasteiger partial charge in [-0.1, -0.05) is 6.92 Å². The molecule has 98 valence electrons. The summed E-state index contributed by atoms with van der Waals surface area (Å²) in [6.07, 6.45) is 6.45. The zero-order valence-corrected chi connectivity index (χ0v) is 10.8. The Bertz CT molecular complexity index is 261. The van der Waals surface area contributed by atoms with E-state index in [0.717, 1.165) is 32.4 Å². The molecule has 1 heterocycles. The molecule has 1 saturated heterocycles. The molecule has 0 aromatic rings. The van der Waals surface area contributed by atoms with Crippen LogP contribution in [-0.4, -0.2) is 42.0 Å². The second-order valence-corrected chi connectivity index (χ2v) is 5.46. The number of nitrogens with one attached hydrogen (secondary N) is 1. The van der Waals surface area contributed by atoms with Gasteiger partial charge >= 0.3 is 0 Å². The van der Waals surface area contributed by atoms with Crippen LogP contribution in [0.15, 0.2) is 0 Å². The molecule has 0 spiro atoms. The SMILES string of the molecule is CCN(CC1CCC(=O)N1)C1CCC(N)CC1. The Morgan fingerprint density at radius 3 is 2.53 bits per heavy atom. The fourth-order valence-electron chi connectivity index (χ4n) is 3.10. The molecule has 0 aromatic carbocycles. The molecule has 2 rings (SSSR count). The lowest BCUT2D eigenvalue weighted by Crippen LogP contribution is -2.46. The summed E-state index contributed by atoms with van der Waals surface area (Å²) in [6.45, 7) is 4.31. The molecule has 3 N–H and O–H groups in total. The molecule has 0 bridgehead atoms.